The molecular weight excluding hydrogens is 406 g/mol. The highest BCUT2D eigenvalue weighted by molar-refractivity contribution is 5.95. The molecule has 8 heteroatoms. The fourth-order valence-electron chi connectivity index (χ4n) is 3.80. The van der Waals surface area contributed by atoms with E-state index in [9.17, 15) is 4.79 Å². The topological polar surface area (TPSA) is 108 Å². The summed E-state index contributed by atoms with van der Waals surface area (Å²) in [6.07, 6.45) is 1.56. The zero-order chi connectivity index (χ0) is 22.1. The van der Waals surface area contributed by atoms with E-state index in [4.69, 9.17) is 14.9 Å². The van der Waals surface area contributed by atoms with Crippen molar-refractivity contribution in [1.82, 2.24) is 14.8 Å². The Morgan fingerprint density at radius 1 is 1.16 bits per heavy atom. The summed E-state index contributed by atoms with van der Waals surface area (Å²) in [4.78, 5) is 16.9. The lowest BCUT2D eigenvalue weighted by atomic mass is 9.95. The van der Waals surface area contributed by atoms with Crippen molar-refractivity contribution in [2.45, 2.75) is 19.6 Å². The second-order valence-corrected chi connectivity index (χ2v) is 7.46. The molecule has 160 valence electrons. The molecule has 3 heterocycles. The minimum atomic E-state index is -0.555. The van der Waals surface area contributed by atoms with Crippen molar-refractivity contribution in [3.05, 3.63) is 95.4 Å². The van der Waals surface area contributed by atoms with Crippen LogP contribution in [0.2, 0.25) is 0 Å². The summed E-state index contributed by atoms with van der Waals surface area (Å²) in [5.74, 6) is 1.60. The van der Waals surface area contributed by atoms with Crippen molar-refractivity contribution in [3.63, 3.8) is 0 Å². The lowest BCUT2D eigenvalue weighted by Crippen LogP contribution is -2.31. The van der Waals surface area contributed by atoms with E-state index in [2.05, 4.69) is 15.4 Å². The van der Waals surface area contributed by atoms with Gasteiger partial charge in [0.05, 0.1) is 11.8 Å². The third kappa shape index (κ3) is 3.62. The third-order valence-corrected chi connectivity index (χ3v) is 5.28. The number of anilines is 1. The molecule has 4 aromatic rings. The average Bonchev–Trinajstić information content (AvgIpc) is 3.47. The van der Waals surface area contributed by atoms with Gasteiger partial charge in [-0.3, -0.25) is 4.79 Å². The highest BCUT2D eigenvalue weighted by Crippen LogP contribution is 2.37. The van der Waals surface area contributed by atoms with Crippen LogP contribution in [0.1, 0.15) is 24.1 Å². The number of rotatable bonds is 6. The van der Waals surface area contributed by atoms with Crippen molar-refractivity contribution >= 4 is 11.9 Å². The largest absolute Gasteiger partial charge is 0.489 e. The van der Waals surface area contributed by atoms with Gasteiger partial charge in [-0.15, -0.1) is 5.10 Å². The smallest absolute Gasteiger partial charge is 0.248 e. The number of nitrogens with one attached hydrogen (secondary N) is 1. The van der Waals surface area contributed by atoms with Gasteiger partial charge in [-0.2, -0.15) is 4.98 Å². The molecule has 2 aromatic carbocycles. The summed E-state index contributed by atoms with van der Waals surface area (Å²) >= 11 is 0. The second-order valence-electron chi connectivity index (χ2n) is 7.46. The molecule has 1 atom stereocenters. The van der Waals surface area contributed by atoms with Crippen LogP contribution < -0.4 is 15.8 Å². The maximum absolute atomic E-state index is 12.4. The number of primary amides is 1. The molecular formula is C24H21N5O3. The van der Waals surface area contributed by atoms with Gasteiger partial charge in [0.15, 0.2) is 5.76 Å². The van der Waals surface area contributed by atoms with Gasteiger partial charge in [-0.05, 0) is 42.3 Å². The lowest BCUT2D eigenvalue weighted by Gasteiger charge is -2.27. The van der Waals surface area contributed by atoms with Crippen molar-refractivity contribution in [1.29, 1.82) is 0 Å². The van der Waals surface area contributed by atoms with Crippen LogP contribution >= 0.6 is 0 Å². The van der Waals surface area contributed by atoms with Gasteiger partial charge < -0.3 is 20.2 Å². The Labute approximate surface area is 184 Å². The number of carbonyl (C=O) groups is 1. The Kier molecular flexibility index (Phi) is 4.95. The normalized spacial score (nSPS) is 15.2. The van der Waals surface area contributed by atoms with Crippen molar-refractivity contribution in [2.24, 2.45) is 5.73 Å². The fraction of sp³-hybridized carbons (Fsp3) is 0.125. The Balaban J connectivity index is 1.53. The number of amides is 1. The second kappa shape index (κ2) is 8.07. The number of furan rings is 1. The molecule has 32 heavy (non-hydrogen) atoms. The molecule has 5 rings (SSSR count). The van der Waals surface area contributed by atoms with Crippen LogP contribution in [-0.4, -0.2) is 20.7 Å². The number of allylic oxidation sites excluding steroid dienone is 1. The van der Waals surface area contributed by atoms with Crippen molar-refractivity contribution in [2.75, 3.05) is 5.32 Å². The lowest BCUT2D eigenvalue weighted by molar-refractivity contribution is -0.115. The van der Waals surface area contributed by atoms with E-state index in [0.717, 1.165) is 11.1 Å². The molecule has 1 aliphatic heterocycles. The van der Waals surface area contributed by atoms with Crippen molar-refractivity contribution < 1.29 is 13.9 Å². The SMILES string of the molecule is CC1=C(C(N)=O)C(c2cccc(OCc3ccccc3)c2)n2nc(-c3ccco3)nc2N1. The van der Waals surface area contributed by atoms with Crippen LogP contribution in [0, 0.1) is 0 Å². The summed E-state index contributed by atoms with van der Waals surface area (Å²) < 4.78 is 13.1. The van der Waals surface area contributed by atoms with Crippen LogP contribution in [0.25, 0.3) is 11.6 Å². The maximum Gasteiger partial charge on any atom is 0.248 e. The first kappa shape index (κ1) is 19.6. The highest BCUT2D eigenvalue weighted by Gasteiger charge is 2.33. The van der Waals surface area contributed by atoms with Gasteiger partial charge in [0.2, 0.25) is 17.7 Å². The molecule has 1 amide bonds. The number of benzene rings is 2. The zero-order valence-corrected chi connectivity index (χ0v) is 17.4. The molecule has 0 radical (unpaired) electrons. The number of aromatic nitrogens is 3. The van der Waals surface area contributed by atoms with Crippen LogP contribution in [0.3, 0.4) is 0 Å². The van der Waals surface area contributed by atoms with E-state index < -0.39 is 11.9 Å². The Morgan fingerprint density at radius 2 is 2.00 bits per heavy atom. The Morgan fingerprint density at radius 3 is 2.75 bits per heavy atom. The Hall–Kier alpha value is -4.33. The van der Waals surface area contributed by atoms with Crippen LogP contribution in [-0.2, 0) is 11.4 Å². The molecule has 0 spiro atoms. The zero-order valence-electron chi connectivity index (χ0n) is 17.4. The maximum atomic E-state index is 12.4. The summed E-state index contributed by atoms with van der Waals surface area (Å²) in [5, 5.41) is 7.74. The number of ether oxygens (including phenoxy) is 1. The van der Waals surface area contributed by atoms with Gasteiger partial charge in [0.25, 0.3) is 0 Å². The van der Waals surface area contributed by atoms with E-state index in [1.54, 1.807) is 30.0 Å². The molecule has 0 bridgehead atoms. The van der Waals surface area contributed by atoms with Gasteiger partial charge in [-0.1, -0.05) is 42.5 Å². The number of nitrogens with two attached hydrogens (primary N) is 1. The van der Waals surface area contributed by atoms with Crippen LogP contribution in [0.15, 0.2) is 88.7 Å². The highest BCUT2D eigenvalue weighted by atomic mass is 16.5. The predicted octanol–water partition coefficient (Wildman–Crippen LogP) is 3.89. The van der Waals surface area contributed by atoms with Gasteiger partial charge >= 0.3 is 0 Å². The molecule has 1 unspecified atom stereocenters. The first-order valence-corrected chi connectivity index (χ1v) is 10.1. The molecule has 0 saturated carbocycles. The molecule has 8 nitrogen and oxygen atoms in total. The quantitative estimate of drug-likeness (QED) is 0.483. The van der Waals surface area contributed by atoms with Gasteiger partial charge in [0.1, 0.15) is 18.4 Å². The minimum Gasteiger partial charge on any atom is -0.489 e. The number of nitrogens with zero attached hydrogens (tertiary/aromatic N) is 3. The van der Waals surface area contributed by atoms with Crippen LogP contribution in [0.5, 0.6) is 5.75 Å². The molecule has 1 aliphatic rings. The molecule has 0 saturated heterocycles. The number of hydrogen-bond donors (Lipinski definition) is 2. The van der Waals surface area contributed by atoms with E-state index in [1.807, 2.05) is 54.6 Å². The minimum absolute atomic E-state index is 0.411. The first-order chi connectivity index (χ1) is 15.6. The molecule has 3 N–H and O–H groups in total. The predicted molar refractivity (Wildman–Crippen MR) is 119 cm³/mol. The van der Waals surface area contributed by atoms with Crippen molar-refractivity contribution in [3.8, 4) is 17.3 Å². The monoisotopic (exact) mass is 427 g/mol. The first-order valence-electron chi connectivity index (χ1n) is 10.1. The number of hydrogen-bond acceptors (Lipinski definition) is 6. The fourth-order valence-corrected chi connectivity index (χ4v) is 3.80. The van der Waals surface area contributed by atoms with E-state index in [-0.39, 0.29) is 0 Å². The van der Waals surface area contributed by atoms with E-state index >= 15 is 0 Å². The molecule has 0 fully saturated rings. The summed E-state index contributed by atoms with van der Waals surface area (Å²) in [5.41, 5.74) is 8.68. The number of carbonyl (C=O) groups excluding carboxylic acids is 1. The summed E-state index contributed by atoms with van der Waals surface area (Å²) in [7, 11) is 0. The summed E-state index contributed by atoms with van der Waals surface area (Å²) in [6, 6.07) is 20.5. The standard InChI is InChI=1S/C24H21N5O3/c1-15-20(22(25)30)21(29-24(26-15)27-23(28-29)19-11-6-12-31-19)17-9-5-10-18(13-17)32-14-16-7-3-2-4-8-16/h2-13,21H,14H2,1H3,(H2,25,30)(H,26,27,28). The van der Waals surface area contributed by atoms with E-state index in [0.29, 0.717) is 41.2 Å². The molecule has 2 aromatic heterocycles. The van der Waals surface area contributed by atoms with Gasteiger partial charge in [0, 0.05) is 5.70 Å². The van der Waals surface area contributed by atoms with Crippen LogP contribution in [0.4, 0.5) is 5.95 Å². The summed E-state index contributed by atoms with van der Waals surface area (Å²) in [6.45, 7) is 2.23. The van der Waals surface area contributed by atoms with E-state index in [1.165, 1.54) is 0 Å². The number of fused-ring (bicyclic) bond motifs is 1. The third-order valence-electron chi connectivity index (χ3n) is 5.28. The average molecular weight is 427 g/mol. The Bertz CT molecular complexity index is 1290. The van der Waals surface area contributed by atoms with Gasteiger partial charge in [-0.25, -0.2) is 4.68 Å². The molecule has 0 aliphatic carbocycles.